The molecule has 1 fully saturated rings. The molecule has 36 heavy (non-hydrogen) atoms. The minimum Gasteiger partial charge on any atom is -0.452 e. The molecule has 2 aromatic rings. The number of hydrogen-bond acceptors (Lipinski definition) is 9. The quantitative estimate of drug-likeness (QED) is 0.181. The van der Waals surface area contributed by atoms with Gasteiger partial charge in [-0.15, -0.1) is 0 Å². The van der Waals surface area contributed by atoms with Crippen LogP contribution < -0.4 is 0 Å². The lowest BCUT2D eigenvalue weighted by Gasteiger charge is -2.43. The highest BCUT2D eigenvalue weighted by Gasteiger charge is 2.53. The summed E-state index contributed by atoms with van der Waals surface area (Å²) < 4.78 is 25.5. The molecule has 1 aliphatic rings. The molecule has 0 aromatic heterocycles. The van der Waals surface area contributed by atoms with Crippen molar-refractivity contribution in [1.29, 1.82) is 5.41 Å². The van der Waals surface area contributed by atoms with Crippen LogP contribution in [0.15, 0.2) is 60.7 Å². The molecule has 192 valence electrons. The summed E-state index contributed by atoms with van der Waals surface area (Å²) in [5.74, 6) is -3.13. The first-order valence-electron chi connectivity index (χ1n) is 10.6. The lowest BCUT2D eigenvalue weighted by molar-refractivity contribution is -0.276. The Morgan fingerprint density at radius 3 is 1.69 bits per heavy atom. The SMILES string of the molecule is CC(=O)O[C@H]1[C@H](OC(=N)C(Cl)(Cl)Cl)O[C@@H](C)[C@H](OC(=O)c2ccccc2)[C@H]1OC(=O)c1ccccc1. The second-order valence-corrected chi connectivity index (χ2v) is 9.98. The molecule has 1 heterocycles. The zero-order valence-corrected chi connectivity index (χ0v) is 21.3. The predicted molar refractivity (Wildman–Crippen MR) is 130 cm³/mol. The number of esters is 3. The van der Waals surface area contributed by atoms with Crippen molar-refractivity contribution in [2.45, 2.75) is 48.3 Å². The van der Waals surface area contributed by atoms with Crippen LogP contribution in [0, 0.1) is 5.41 Å². The van der Waals surface area contributed by atoms with Gasteiger partial charge < -0.3 is 23.7 Å². The molecular formula is C24H22Cl3NO8. The van der Waals surface area contributed by atoms with Crippen LogP contribution in [-0.4, -0.2) is 58.3 Å². The van der Waals surface area contributed by atoms with Gasteiger partial charge in [0.25, 0.3) is 3.79 Å². The fraction of sp³-hybridized carbons (Fsp3) is 0.333. The molecule has 12 heteroatoms. The van der Waals surface area contributed by atoms with E-state index in [0.717, 1.165) is 6.92 Å². The smallest absolute Gasteiger partial charge is 0.338 e. The van der Waals surface area contributed by atoms with Crippen molar-refractivity contribution >= 4 is 58.6 Å². The Balaban J connectivity index is 1.97. The van der Waals surface area contributed by atoms with E-state index in [1.807, 2.05) is 0 Å². The molecule has 3 rings (SSSR count). The van der Waals surface area contributed by atoms with E-state index in [9.17, 15) is 14.4 Å². The van der Waals surface area contributed by atoms with Gasteiger partial charge >= 0.3 is 17.9 Å². The van der Waals surface area contributed by atoms with Crippen LogP contribution in [0.25, 0.3) is 0 Å². The second-order valence-electron chi connectivity index (χ2n) is 7.70. The largest absolute Gasteiger partial charge is 0.452 e. The molecule has 0 unspecified atom stereocenters. The van der Waals surface area contributed by atoms with Gasteiger partial charge in [-0.2, -0.15) is 0 Å². The number of carbonyl (C=O) groups excluding carboxylic acids is 3. The Morgan fingerprint density at radius 1 is 0.778 bits per heavy atom. The minimum atomic E-state index is -2.25. The van der Waals surface area contributed by atoms with Crippen molar-refractivity contribution in [3.63, 3.8) is 0 Å². The van der Waals surface area contributed by atoms with Crippen LogP contribution >= 0.6 is 34.8 Å². The van der Waals surface area contributed by atoms with Gasteiger partial charge in [0.2, 0.25) is 18.3 Å². The summed E-state index contributed by atoms with van der Waals surface area (Å²) in [6, 6.07) is 16.1. The first-order valence-corrected chi connectivity index (χ1v) is 11.8. The van der Waals surface area contributed by atoms with Crippen molar-refractivity contribution in [2.75, 3.05) is 0 Å². The molecule has 0 amide bonds. The maximum atomic E-state index is 12.9. The zero-order chi connectivity index (χ0) is 26.5. The van der Waals surface area contributed by atoms with Crippen LogP contribution in [0.4, 0.5) is 0 Å². The first-order chi connectivity index (χ1) is 17.0. The second kappa shape index (κ2) is 11.9. The van der Waals surface area contributed by atoms with Gasteiger partial charge in [-0.3, -0.25) is 10.2 Å². The van der Waals surface area contributed by atoms with Crippen LogP contribution in [0.3, 0.4) is 0 Å². The van der Waals surface area contributed by atoms with Crippen LogP contribution in [-0.2, 0) is 28.5 Å². The fourth-order valence-electron chi connectivity index (χ4n) is 3.40. The summed E-state index contributed by atoms with van der Waals surface area (Å²) in [7, 11) is 0. The van der Waals surface area contributed by atoms with Crippen LogP contribution in [0.1, 0.15) is 34.6 Å². The molecule has 0 radical (unpaired) electrons. The molecule has 5 atom stereocenters. The Morgan fingerprint density at radius 2 is 1.25 bits per heavy atom. The van der Waals surface area contributed by atoms with Crippen LogP contribution in [0.2, 0.25) is 0 Å². The molecule has 9 nitrogen and oxygen atoms in total. The highest BCUT2D eigenvalue weighted by molar-refractivity contribution is 6.76. The maximum Gasteiger partial charge on any atom is 0.338 e. The molecule has 0 aliphatic carbocycles. The van der Waals surface area contributed by atoms with Crippen molar-refractivity contribution < 1.29 is 38.1 Å². The average molecular weight is 559 g/mol. The van der Waals surface area contributed by atoms with E-state index in [2.05, 4.69) is 0 Å². The summed E-state index contributed by atoms with van der Waals surface area (Å²) in [4.78, 5) is 37.7. The van der Waals surface area contributed by atoms with Crippen LogP contribution in [0.5, 0.6) is 0 Å². The van der Waals surface area contributed by atoms with Gasteiger partial charge in [-0.1, -0.05) is 71.2 Å². The first kappa shape index (κ1) is 27.7. The van der Waals surface area contributed by atoms with Crippen molar-refractivity contribution in [3.05, 3.63) is 71.8 Å². The van der Waals surface area contributed by atoms with Gasteiger partial charge in [-0.25, -0.2) is 9.59 Å². The van der Waals surface area contributed by atoms with E-state index < -0.39 is 58.3 Å². The molecular weight excluding hydrogens is 537 g/mol. The van der Waals surface area contributed by atoms with Gasteiger partial charge in [0, 0.05) is 6.92 Å². The number of benzene rings is 2. The van der Waals surface area contributed by atoms with E-state index in [1.54, 1.807) is 48.5 Å². The summed E-state index contributed by atoms with van der Waals surface area (Å²) >= 11 is 17.2. The number of halogens is 3. The third kappa shape index (κ3) is 7.10. The van der Waals surface area contributed by atoms with E-state index in [1.165, 1.54) is 19.1 Å². The van der Waals surface area contributed by atoms with Gasteiger partial charge in [0.1, 0.15) is 0 Å². The molecule has 1 aliphatic heterocycles. The summed E-state index contributed by atoms with van der Waals surface area (Å²) in [6.07, 6.45) is -6.64. The van der Waals surface area contributed by atoms with E-state index in [0.29, 0.717) is 0 Å². The minimum absolute atomic E-state index is 0.192. The number of carbonyl (C=O) groups is 3. The third-order valence-electron chi connectivity index (χ3n) is 5.03. The lowest BCUT2D eigenvalue weighted by Crippen LogP contribution is -2.61. The molecule has 0 bridgehead atoms. The average Bonchev–Trinajstić information content (AvgIpc) is 2.83. The Labute approximate surface area is 222 Å². The number of hydrogen-bond donors (Lipinski definition) is 1. The summed E-state index contributed by atoms with van der Waals surface area (Å²) in [6.45, 7) is 2.63. The topological polar surface area (TPSA) is 121 Å². The van der Waals surface area contributed by atoms with Crippen molar-refractivity contribution in [2.24, 2.45) is 0 Å². The van der Waals surface area contributed by atoms with E-state index in [4.69, 9.17) is 63.9 Å². The third-order valence-corrected chi connectivity index (χ3v) is 5.54. The predicted octanol–water partition coefficient (Wildman–Crippen LogP) is 4.48. The van der Waals surface area contributed by atoms with E-state index in [-0.39, 0.29) is 11.1 Å². The Bertz CT molecular complexity index is 1090. The molecule has 0 spiro atoms. The highest BCUT2D eigenvalue weighted by Crippen LogP contribution is 2.34. The van der Waals surface area contributed by atoms with Gasteiger partial charge in [-0.05, 0) is 31.2 Å². The normalized spacial score (nSPS) is 23.8. The number of nitrogens with one attached hydrogen (secondary N) is 1. The summed E-state index contributed by atoms with van der Waals surface area (Å²) in [5, 5.41) is 7.90. The van der Waals surface area contributed by atoms with E-state index >= 15 is 0 Å². The molecule has 2 aromatic carbocycles. The van der Waals surface area contributed by atoms with Crippen molar-refractivity contribution in [3.8, 4) is 0 Å². The molecule has 1 N–H and O–H groups in total. The zero-order valence-electron chi connectivity index (χ0n) is 19.1. The number of alkyl halides is 3. The Kier molecular flexibility index (Phi) is 9.19. The lowest BCUT2D eigenvalue weighted by atomic mass is 9.98. The Hall–Kier alpha value is -2.85. The standard InChI is InChI=1S/C24H22Cl3NO8/c1-13-17(34-20(30)15-9-5-3-6-10-15)18(35-21(31)16-11-7-4-8-12-16)19(33-14(2)29)22(32-13)36-23(28)24(25,26)27/h3-13,17-19,22,28H,1-2H3/t13-,17-,18+,19+,22-/m0/s1. The number of ether oxygens (including phenoxy) is 5. The molecule has 0 saturated carbocycles. The van der Waals surface area contributed by atoms with Gasteiger partial charge in [0.15, 0.2) is 12.2 Å². The van der Waals surface area contributed by atoms with Gasteiger partial charge in [0.05, 0.1) is 17.2 Å². The highest BCUT2D eigenvalue weighted by atomic mass is 35.6. The molecule has 1 saturated heterocycles. The number of rotatable bonds is 6. The summed E-state index contributed by atoms with van der Waals surface area (Å²) in [5.41, 5.74) is 0.427. The monoisotopic (exact) mass is 557 g/mol. The fourth-order valence-corrected chi connectivity index (χ4v) is 3.53. The maximum absolute atomic E-state index is 12.9. The van der Waals surface area contributed by atoms with Crippen molar-refractivity contribution in [1.82, 2.24) is 0 Å².